The third-order valence-electron chi connectivity index (χ3n) is 9.00. The van der Waals surface area contributed by atoms with Crippen LogP contribution in [-0.2, 0) is 32.7 Å². The molecule has 1 unspecified atom stereocenters. The van der Waals surface area contributed by atoms with Gasteiger partial charge in [0, 0.05) is 12.8 Å². The Hall–Kier alpha value is -3.41. The Bertz CT molecular complexity index is 1450. The molecule has 0 radical (unpaired) electrons. The molecule has 4 atom stereocenters. The molecule has 0 saturated heterocycles. The maximum absolute atomic E-state index is 12.7. The van der Waals surface area contributed by atoms with E-state index in [2.05, 4.69) is 62.5 Å². The van der Waals surface area contributed by atoms with Gasteiger partial charge in [0.2, 0.25) is 0 Å². The number of carbonyl (C=O) groups excluding carboxylic acids is 2. The van der Waals surface area contributed by atoms with Crippen molar-refractivity contribution in [3.05, 3.63) is 109 Å². The lowest BCUT2D eigenvalue weighted by Crippen LogP contribution is -2.37. The predicted molar refractivity (Wildman–Crippen MR) is 254 cm³/mol. The molecule has 0 aliphatic carbocycles. The molecule has 12 heteroatoms. The van der Waals surface area contributed by atoms with Crippen molar-refractivity contribution < 1.29 is 52.3 Å². The molecule has 0 aliphatic heterocycles. The highest BCUT2D eigenvalue weighted by molar-refractivity contribution is 7.47. The first-order valence-electron chi connectivity index (χ1n) is 22.8. The minimum atomic E-state index is -4.47. The summed E-state index contributed by atoms with van der Waals surface area (Å²) in [6.07, 6.45) is 48.0. The highest BCUT2D eigenvalue weighted by Crippen LogP contribution is 2.43. The Morgan fingerprint density at radius 1 is 0.581 bits per heavy atom. The van der Waals surface area contributed by atoms with Crippen molar-refractivity contribution in [2.24, 2.45) is 0 Å². The number of nitrogens with zero attached hydrogens (tertiary/aromatic N) is 1. The summed E-state index contributed by atoms with van der Waals surface area (Å²) in [5.41, 5.74) is 0. The van der Waals surface area contributed by atoms with Crippen LogP contribution >= 0.6 is 7.82 Å². The van der Waals surface area contributed by atoms with Gasteiger partial charge in [-0.15, -0.1) is 0 Å². The Morgan fingerprint density at radius 2 is 1.08 bits per heavy atom. The average Bonchev–Trinajstić information content (AvgIpc) is 3.21. The number of rotatable bonds is 39. The Balaban J connectivity index is 4.72. The zero-order valence-corrected chi connectivity index (χ0v) is 39.7. The zero-order valence-electron chi connectivity index (χ0n) is 38.8. The van der Waals surface area contributed by atoms with Crippen LogP contribution in [0.25, 0.3) is 0 Å². The first-order valence-corrected chi connectivity index (χ1v) is 24.3. The number of allylic oxidation sites excluding steroid dienone is 16. The summed E-state index contributed by atoms with van der Waals surface area (Å²) in [5, 5.41) is 20.2. The van der Waals surface area contributed by atoms with E-state index in [0.717, 1.165) is 51.4 Å². The van der Waals surface area contributed by atoms with Crippen LogP contribution in [0.15, 0.2) is 109 Å². The summed E-state index contributed by atoms with van der Waals surface area (Å²) in [7, 11) is 1.27. The quantitative estimate of drug-likeness (QED) is 0.0136. The molecule has 62 heavy (non-hydrogen) atoms. The van der Waals surface area contributed by atoms with E-state index in [1.807, 2.05) is 63.7 Å². The number of hydrogen-bond donors (Lipinski definition) is 3. The van der Waals surface area contributed by atoms with Crippen molar-refractivity contribution >= 4 is 19.8 Å². The zero-order chi connectivity index (χ0) is 46.0. The third-order valence-corrected chi connectivity index (χ3v) is 9.98. The number of unbranched alkanes of at least 4 members (excludes halogenated alkanes) is 5. The second kappa shape index (κ2) is 40.4. The number of aliphatic hydroxyl groups is 2. The van der Waals surface area contributed by atoms with E-state index in [4.69, 9.17) is 18.5 Å². The van der Waals surface area contributed by atoms with Gasteiger partial charge >= 0.3 is 19.8 Å². The number of phosphoric ester groups is 1. The molecule has 11 nitrogen and oxygen atoms in total. The fourth-order valence-electron chi connectivity index (χ4n) is 5.33. The van der Waals surface area contributed by atoms with Crippen molar-refractivity contribution in [1.82, 2.24) is 0 Å². The number of likely N-dealkylation sites (N-methyl/N-ethyl adjacent to an activating group) is 1. The molecular weight excluding hydrogens is 806 g/mol. The smallest absolute Gasteiger partial charge is 0.462 e. The Kier molecular flexibility index (Phi) is 38.1. The molecule has 0 heterocycles. The lowest BCUT2D eigenvalue weighted by molar-refractivity contribution is -0.870. The molecule has 0 aromatic heterocycles. The summed E-state index contributed by atoms with van der Waals surface area (Å²) >= 11 is 0. The van der Waals surface area contributed by atoms with Crippen LogP contribution < -0.4 is 0 Å². The standard InChI is InChI=1S/C50H82NO10P/c1-6-8-10-11-12-13-14-15-16-17-18-19-20-21-22-23-27-30-34-40-49(54)58-44-48(45-60-62(56,57)59-43-42-51(3,4)5)61-50(55)41-35-39-47(53)38-33-29-26-24-25-28-32-37-46(52)36-31-9-7-2/h12-13,15-16,18-19,21-22,25-30,32-33,37-38,46-48,52-53H,6-11,14,17,20,23-24,31,34-36,39-45H2,1-5H3/p+1/b13-12-,16-15-,19-18-,22-21-,28-25-,29-26-,30-27-,37-32+,38-33+/t46-,47-,48-/m1/s1. The van der Waals surface area contributed by atoms with Gasteiger partial charge in [0.25, 0.3) is 0 Å². The van der Waals surface area contributed by atoms with Crippen molar-refractivity contribution in [3.63, 3.8) is 0 Å². The first-order chi connectivity index (χ1) is 29.8. The van der Waals surface area contributed by atoms with Crippen molar-refractivity contribution in [2.75, 3.05) is 47.5 Å². The fraction of sp³-hybridized carbons (Fsp3) is 0.600. The number of esters is 2. The van der Waals surface area contributed by atoms with Gasteiger partial charge in [-0.2, -0.15) is 0 Å². The second-order valence-electron chi connectivity index (χ2n) is 16.1. The first kappa shape index (κ1) is 58.6. The van der Waals surface area contributed by atoms with E-state index in [-0.39, 0.29) is 26.1 Å². The van der Waals surface area contributed by atoms with Gasteiger partial charge in [-0.25, -0.2) is 4.57 Å². The number of quaternary nitrogens is 1. The summed E-state index contributed by atoms with van der Waals surface area (Å²) in [6.45, 7) is 3.91. The summed E-state index contributed by atoms with van der Waals surface area (Å²) in [5.74, 6) is -1.14. The van der Waals surface area contributed by atoms with Gasteiger partial charge in [0.05, 0.1) is 40.0 Å². The van der Waals surface area contributed by atoms with E-state index in [1.54, 1.807) is 18.2 Å². The highest BCUT2D eigenvalue weighted by Gasteiger charge is 2.27. The van der Waals surface area contributed by atoms with E-state index < -0.39 is 44.7 Å². The number of ether oxygens (including phenoxy) is 2. The largest absolute Gasteiger partial charge is 0.472 e. The molecule has 0 bridgehead atoms. The summed E-state index contributed by atoms with van der Waals surface area (Å²) in [4.78, 5) is 35.4. The molecule has 0 rings (SSSR count). The lowest BCUT2D eigenvalue weighted by Gasteiger charge is -2.24. The van der Waals surface area contributed by atoms with E-state index in [1.165, 1.54) is 25.7 Å². The normalized spacial score (nSPS) is 15.5. The van der Waals surface area contributed by atoms with E-state index in [0.29, 0.717) is 36.7 Å². The Labute approximate surface area is 375 Å². The van der Waals surface area contributed by atoms with Gasteiger partial charge < -0.3 is 29.1 Å². The molecule has 0 saturated carbocycles. The number of aliphatic hydroxyl groups excluding tert-OH is 2. The molecule has 0 fully saturated rings. The van der Waals surface area contributed by atoms with Crippen molar-refractivity contribution in [3.8, 4) is 0 Å². The van der Waals surface area contributed by atoms with Crippen LogP contribution in [-0.4, -0.2) is 97.3 Å². The minimum absolute atomic E-state index is 0.0288. The molecule has 0 spiro atoms. The monoisotopic (exact) mass is 889 g/mol. The Morgan fingerprint density at radius 3 is 1.63 bits per heavy atom. The average molecular weight is 889 g/mol. The number of hydrogen-bond acceptors (Lipinski definition) is 9. The van der Waals surface area contributed by atoms with Crippen LogP contribution in [0, 0.1) is 0 Å². The van der Waals surface area contributed by atoms with Crippen LogP contribution in [0.4, 0.5) is 0 Å². The second-order valence-corrected chi connectivity index (χ2v) is 17.6. The van der Waals surface area contributed by atoms with Crippen molar-refractivity contribution in [2.45, 2.75) is 148 Å². The summed E-state index contributed by atoms with van der Waals surface area (Å²) < 4.78 is 34.0. The molecular formula is C50H83NO10P+. The van der Waals surface area contributed by atoms with Crippen LogP contribution in [0.1, 0.15) is 129 Å². The molecule has 352 valence electrons. The molecule has 0 aromatic carbocycles. The maximum atomic E-state index is 12.7. The van der Waals surface area contributed by atoms with Crippen molar-refractivity contribution in [1.29, 1.82) is 0 Å². The fourth-order valence-corrected chi connectivity index (χ4v) is 6.07. The van der Waals surface area contributed by atoms with Gasteiger partial charge in [0.1, 0.15) is 19.8 Å². The lowest BCUT2D eigenvalue weighted by atomic mass is 10.1. The SMILES string of the molecule is CCCCC/C=C\C/C=C\C/C=C\C/C=C\C/C=C\CCC(=O)OC[C@H](COP(=O)(O)OCC[N+](C)(C)C)OC(=O)CCC[C@H](O)/C=C/C=C\C/C=C\C=C\[C@H](O)CCCCC. The minimum Gasteiger partial charge on any atom is -0.462 e. The molecule has 3 N–H and O–H groups in total. The van der Waals surface area contributed by atoms with E-state index >= 15 is 0 Å². The van der Waals surface area contributed by atoms with E-state index in [9.17, 15) is 29.3 Å². The number of phosphoric acid groups is 1. The summed E-state index contributed by atoms with van der Waals surface area (Å²) in [6, 6.07) is 0. The van der Waals surface area contributed by atoms with Gasteiger partial charge in [-0.3, -0.25) is 18.6 Å². The van der Waals surface area contributed by atoms with Gasteiger partial charge in [-0.05, 0) is 70.6 Å². The molecule has 0 aliphatic rings. The van der Waals surface area contributed by atoms with Gasteiger partial charge in [-0.1, -0.05) is 155 Å². The molecule has 0 aromatic rings. The highest BCUT2D eigenvalue weighted by atomic mass is 31.2. The predicted octanol–water partition coefficient (Wildman–Crippen LogP) is 11.1. The van der Waals surface area contributed by atoms with Crippen LogP contribution in [0.3, 0.4) is 0 Å². The molecule has 0 amide bonds. The van der Waals surface area contributed by atoms with Crippen LogP contribution in [0.2, 0.25) is 0 Å². The number of carbonyl (C=O) groups is 2. The third kappa shape index (κ3) is 43.2. The maximum Gasteiger partial charge on any atom is 0.472 e. The topological polar surface area (TPSA) is 149 Å². The van der Waals surface area contributed by atoms with Crippen LogP contribution in [0.5, 0.6) is 0 Å². The van der Waals surface area contributed by atoms with Gasteiger partial charge in [0.15, 0.2) is 6.10 Å².